The topological polar surface area (TPSA) is 15.3 Å². The second-order valence-corrected chi connectivity index (χ2v) is 6.35. The largest absolute Gasteiger partial charge is 0.378 e. The standard InChI is InChI=1S/C16H17Cl3N2/c1-10(11-4-6-13(7-5-11)21(2)3)20-16-14(18)8-12(17)9-15(16)19/h4-10,20H,1-3H3. The van der Waals surface area contributed by atoms with Gasteiger partial charge in [-0.3, -0.25) is 0 Å². The summed E-state index contributed by atoms with van der Waals surface area (Å²) in [6.45, 7) is 2.06. The molecule has 112 valence electrons. The molecule has 5 heteroatoms. The Hall–Kier alpha value is -1.09. The summed E-state index contributed by atoms with van der Waals surface area (Å²) in [5, 5.41) is 4.90. The average Bonchev–Trinajstić information content (AvgIpc) is 2.42. The third-order valence-corrected chi connectivity index (χ3v) is 4.09. The van der Waals surface area contributed by atoms with E-state index in [4.69, 9.17) is 34.8 Å². The lowest BCUT2D eigenvalue weighted by Crippen LogP contribution is -2.10. The fourth-order valence-corrected chi connectivity index (χ4v) is 2.97. The summed E-state index contributed by atoms with van der Waals surface area (Å²) in [4.78, 5) is 2.06. The van der Waals surface area contributed by atoms with Gasteiger partial charge in [-0.1, -0.05) is 46.9 Å². The van der Waals surface area contributed by atoms with Crippen LogP contribution >= 0.6 is 34.8 Å². The van der Waals surface area contributed by atoms with E-state index in [1.54, 1.807) is 12.1 Å². The van der Waals surface area contributed by atoms with Gasteiger partial charge in [0, 0.05) is 30.8 Å². The molecular formula is C16H17Cl3N2. The summed E-state index contributed by atoms with van der Waals surface area (Å²) in [6, 6.07) is 11.8. The zero-order chi connectivity index (χ0) is 15.6. The Kier molecular flexibility index (Phi) is 5.26. The number of rotatable bonds is 4. The molecule has 2 rings (SSSR count). The highest BCUT2D eigenvalue weighted by molar-refractivity contribution is 6.41. The van der Waals surface area contributed by atoms with Gasteiger partial charge in [0.1, 0.15) is 0 Å². The SMILES string of the molecule is CC(Nc1c(Cl)cc(Cl)cc1Cl)c1ccc(N(C)C)cc1. The predicted octanol–water partition coefficient (Wildman–Crippen LogP) is 5.89. The van der Waals surface area contributed by atoms with E-state index >= 15 is 0 Å². The van der Waals surface area contributed by atoms with Crippen molar-refractivity contribution < 1.29 is 0 Å². The molecule has 21 heavy (non-hydrogen) atoms. The van der Waals surface area contributed by atoms with Crippen LogP contribution in [0, 0.1) is 0 Å². The molecule has 2 nitrogen and oxygen atoms in total. The normalized spacial score (nSPS) is 12.1. The van der Waals surface area contributed by atoms with Gasteiger partial charge >= 0.3 is 0 Å². The van der Waals surface area contributed by atoms with Crippen LogP contribution in [0.3, 0.4) is 0 Å². The minimum Gasteiger partial charge on any atom is -0.378 e. The van der Waals surface area contributed by atoms with Gasteiger partial charge in [-0.25, -0.2) is 0 Å². The number of benzene rings is 2. The van der Waals surface area contributed by atoms with Crippen molar-refractivity contribution in [3.63, 3.8) is 0 Å². The molecule has 0 aliphatic carbocycles. The number of nitrogens with zero attached hydrogens (tertiary/aromatic N) is 1. The second kappa shape index (κ2) is 6.78. The fraction of sp³-hybridized carbons (Fsp3) is 0.250. The molecule has 0 spiro atoms. The van der Waals surface area contributed by atoms with Crippen LogP contribution in [0.1, 0.15) is 18.5 Å². The Balaban J connectivity index is 2.20. The van der Waals surface area contributed by atoms with E-state index in [0.717, 1.165) is 11.3 Å². The van der Waals surface area contributed by atoms with Crippen LogP contribution in [0.25, 0.3) is 0 Å². The molecule has 0 heterocycles. The van der Waals surface area contributed by atoms with E-state index in [0.29, 0.717) is 20.8 Å². The molecule has 0 fully saturated rings. The van der Waals surface area contributed by atoms with Gasteiger partial charge in [0.05, 0.1) is 15.7 Å². The fourth-order valence-electron chi connectivity index (χ4n) is 2.04. The van der Waals surface area contributed by atoms with Crippen LogP contribution < -0.4 is 10.2 Å². The minimum absolute atomic E-state index is 0.0809. The molecule has 1 N–H and O–H groups in total. The first kappa shape index (κ1) is 16.3. The average molecular weight is 344 g/mol. The lowest BCUT2D eigenvalue weighted by atomic mass is 10.1. The zero-order valence-corrected chi connectivity index (χ0v) is 14.4. The lowest BCUT2D eigenvalue weighted by molar-refractivity contribution is 0.884. The quantitative estimate of drug-likeness (QED) is 0.745. The third kappa shape index (κ3) is 3.97. The summed E-state index contributed by atoms with van der Waals surface area (Å²) >= 11 is 18.3. The van der Waals surface area contributed by atoms with Crippen molar-refractivity contribution in [3.8, 4) is 0 Å². The zero-order valence-electron chi connectivity index (χ0n) is 12.1. The van der Waals surface area contributed by atoms with Gasteiger partial charge in [0.2, 0.25) is 0 Å². The summed E-state index contributed by atoms with van der Waals surface area (Å²) in [5.74, 6) is 0. The maximum Gasteiger partial charge on any atom is 0.0724 e. The summed E-state index contributed by atoms with van der Waals surface area (Å²) < 4.78 is 0. The highest BCUT2D eigenvalue weighted by Gasteiger charge is 2.12. The van der Waals surface area contributed by atoms with Crippen molar-refractivity contribution in [2.45, 2.75) is 13.0 Å². The summed E-state index contributed by atoms with van der Waals surface area (Å²) in [6.07, 6.45) is 0. The molecule has 1 atom stereocenters. The molecule has 1 unspecified atom stereocenters. The Morgan fingerprint density at radius 3 is 1.95 bits per heavy atom. The minimum atomic E-state index is 0.0809. The number of hydrogen-bond donors (Lipinski definition) is 1. The maximum absolute atomic E-state index is 6.20. The third-order valence-electron chi connectivity index (χ3n) is 3.28. The Morgan fingerprint density at radius 2 is 1.48 bits per heavy atom. The summed E-state index contributed by atoms with van der Waals surface area (Å²) in [7, 11) is 4.04. The van der Waals surface area contributed by atoms with Crippen LogP contribution in [-0.4, -0.2) is 14.1 Å². The van der Waals surface area contributed by atoms with E-state index in [-0.39, 0.29) is 6.04 Å². The van der Waals surface area contributed by atoms with Crippen LogP contribution in [0.2, 0.25) is 15.1 Å². The monoisotopic (exact) mass is 342 g/mol. The molecule has 0 radical (unpaired) electrons. The van der Waals surface area contributed by atoms with Gasteiger partial charge in [-0.15, -0.1) is 0 Å². The number of hydrogen-bond acceptors (Lipinski definition) is 2. The summed E-state index contributed by atoms with van der Waals surface area (Å²) in [5.41, 5.74) is 3.02. The van der Waals surface area contributed by atoms with Gasteiger partial charge < -0.3 is 10.2 Å². The molecule has 0 aliphatic rings. The van der Waals surface area contributed by atoms with E-state index in [1.165, 1.54) is 0 Å². The number of nitrogens with one attached hydrogen (secondary N) is 1. The molecule has 0 saturated carbocycles. The number of halogens is 3. The van der Waals surface area contributed by atoms with Crippen molar-refractivity contribution in [2.75, 3.05) is 24.3 Å². The highest BCUT2D eigenvalue weighted by atomic mass is 35.5. The van der Waals surface area contributed by atoms with Gasteiger partial charge in [-0.05, 0) is 36.8 Å². The molecule has 2 aromatic rings. The van der Waals surface area contributed by atoms with Crippen molar-refractivity contribution in [1.29, 1.82) is 0 Å². The first-order valence-corrected chi connectivity index (χ1v) is 7.70. The molecular weight excluding hydrogens is 327 g/mol. The smallest absolute Gasteiger partial charge is 0.0724 e. The van der Waals surface area contributed by atoms with Crippen molar-refractivity contribution in [1.82, 2.24) is 0 Å². The van der Waals surface area contributed by atoms with E-state index in [9.17, 15) is 0 Å². The Bertz CT molecular complexity index is 601. The molecule has 0 bridgehead atoms. The van der Waals surface area contributed by atoms with Crippen LogP contribution in [0.4, 0.5) is 11.4 Å². The van der Waals surface area contributed by atoms with E-state index < -0.39 is 0 Å². The van der Waals surface area contributed by atoms with Crippen LogP contribution in [0.15, 0.2) is 36.4 Å². The molecule has 0 saturated heterocycles. The lowest BCUT2D eigenvalue weighted by Gasteiger charge is -2.19. The molecule has 0 aliphatic heterocycles. The molecule has 0 amide bonds. The van der Waals surface area contributed by atoms with Gasteiger partial charge in [0.25, 0.3) is 0 Å². The van der Waals surface area contributed by atoms with Crippen LogP contribution in [-0.2, 0) is 0 Å². The molecule has 0 aromatic heterocycles. The Labute approximate surface area is 140 Å². The van der Waals surface area contributed by atoms with Crippen molar-refractivity contribution in [2.24, 2.45) is 0 Å². The molecule has 2 aromatic carbocycles. The Morgan fingerprint density at radius 1 is 0.952 bits per heavy atom. The van der Waals surface area contributed by atoms with E-state index in [2.05, 4.69) is 41.4 Å². The second-order valence-electron chi connectivity index (χ2n) is 5.10. The maximum atomic E-state index is 6.20. The van der Waals surface area contributed by atoms with Gasteiger partial charge in [0.15, 0.2) is 0 Å². The van der Waals surface area contributed by atoms with E-state index in [1.807, 2.05) is 14.1 Å². The van der Waals surface area contributed by atoms with Crippen molar-refractivity contribution >= 4 is 46.2 Å². The first-order chi connectivity index (χ1) is 9.88. The predicted molar refractivity (Wildman–Crippen MR) is 94.3 cm³/mol. The van der Waals surface area contributed by atoms with Crippen molar-refractivity contribution in [3.05, 3.63) is 57.0 Å². The van der Waals surface area contributed by atoms with Gasteiger partial charge in [-0.2, -0.15) is 0 Å². The number of anilines is 2. The van der Waals surface area contributed by atoms with Crippen LogP contribution in [0.5, 0.6) is 0 Å². The first-order valence-electron chi connectivity index (χ1n) is 6.57. The highest BCUT2D eigenvalue weighted by Crippen LogP contribution is 2.36.